The zero-order valence-electron chi connectivity index (χ0n) is 21.1. The van der Waals surface area contributed by atoms with Gasteiger partial charge >= 0.3 is 0 Å². The first-order valence-corrected chi connectivity index (χ1v) is 15.4. The van der Waals surface area contributed by atoms with E-state index in [1.54, 1.807) is 11.6 Å². The van der Waals surface area contributed by atoms with Crippen molar-refractivity contribution in [1.29, 1.82) is 0 Å². The molecule has 0 spiro atoms. The minimum atomic E-state index is -3.41. The van der Waals surface area contributed by atoms with Gasteiger partial charge < -0.3 is 9.30 Å². The monoisotopic (exact) mass is 561 g/mol. The predicted octanol–water partition coefficient (Wildman–Crippen LogP) is 5.71. The number of likely N-dealkylation sites (tertiary alicyclic amines) is 1. The Labute approximate surface area is 229 Å². The number of aryl methyl sites for hydroxylation is 2. The fourth-order valence-electron chi connectivity index (χ4n) is 5.72. The van der Waals surface area contributed by atoms with E-state index in [1.807, 2.05) is 18.2 Å². The van der Waals surface area contributed by atoms with Gasteiger partial charge in [0, 0.05) is 25.2 Å². The number of hydrogen-bond acceptors (Lipinski definition) is 5. The molecule has 1 aromatic heterocycles. The van der Waals surface area contributed by atoms with Crippen molar-refractivity contribution in [3.05, 3.63) is 75.7 Å². The van der Waals surface area contributed by atoms with E-state index in [0.29, 0.717) is 35.0 Å². The molecule has 1 aliphatic heterocycles. The van der Waals surface area contributed by atoms with E-state index in [2.05, 4.69) is 28.1 Å². The van der Waals surface area contributed by atoms with Crippen molar-refractivity contribution >= 4 is 33.0 Å². The molecule has 2 heterocycles. The van der Waals surface area contributed by atoms with Crippen LogP contribution in [0, 0.1) is 0 Å². The van der Waals surface area contributed by atoms with E-state index in [-0.39, 0.29) is 10.8 Å². The van der Waals surface area contributed by atoms with Gasteiger partial charge in [0.25, 0.3) is 0 Å². The molecule has 9 heteroatoms. The van der Waals surface area contributed by atoms with Crippen LogP contribution < -0.4 is 4.74 Å². The number of fused-ring (bicyclic) bond motifs is 1. The van der Waals surface area contributed by atoms with Crippen molar-refractivity contribution in [2.45, 2.75) is 55.5 Å². The number of imidazole rings is 1. The molecule has 37 heavy (non-hydrogen) atoms. The standard InChI is InChI=1S/C28H33Cl2N3O3S/c1-32-18-28(31-19-32)37(34,35)14-4-13-36-22-8-6-21-7-10-27(33-11-2-3-12-33)24(23(21)17-22)15-20-5-9-25(29)26(30)16-20/h5-6,8-9,16-19,24,27H,2-4,7,10-15H2,1H3. The Morgan fingerprint density at radius 1 is 1.08 bits per heavy atom. The normalized spacial score (nSPS) is 20.2. The summed E-state index contributed by atoms with van der Waals surface area (Å²) in [6, 6.07) is 12.8. The molecule has 0 bridgehead atoms. The van der Waals surface area contributed by atoms with Crippen LogP contribution in [0.1, 0.15) is 48.3 Å². The van der Waals surface area contributed by atoms with Gasteiger partial charge in [-0.1, -0.05) is 35.3 Å². The van der Waals surface area contributed by atoms with E-state index >= 15 is 0 Å². The second-order valence-electron chi connectivity index (χ2n) is 10.2. The first-order valence-electron chi connectivity index (χ1n) is 12.9. The summed E-state index contributed by atoms with van der Waals surface area (Å²) in [5.41, 5.74) is 3.88. The van der Waals surface area contributed by atoms with Gasteiger partial charge in [0.15, 0.2) is 14.9 Å². The molecule has 0 saturated carbocycles. The lowest BCUT2D eigenvalue weighted by Crippen LogP contribution is -2.41. The lowest BCUT2D eigenvalue weighted by molar-refractivity contribution is 0.188. The molecule has 5 rings (SSSR count). The van der Waals surface area contributed by atoms with Crippen LogP contribution in [0.2, 0.25) is 10.0 Å². The number of sulfone groups is 1. The number of ether oxygens (including phenoxy) is 1. The third kappa shape index (κ3) is 6.17. The van der Waals surface area contributed by atoms with E-state index in [9.17, 15) is 8.42 Å². The van der Waals surface area contributed by atoms with Crippen LogP contribution in [0.5, 0.6) is 5.75 Å². The molecule has 198 valence electrons. The summed E-state index contributed by atoms with van der Waals surface area (Å²) >= 11 is 12.5. The third-order valence-electron chi connectivity index (χ3n) is 7.57. The molecule has 1 aliphatic carbocycles. The van der Waals surface area contributed by atoms with E-state index in [0.717, 1.165) is 38.1 Å². The lowest BCUT2D eigenvalue weighted by atomic mass is 9.75. The summed E-state index contributed by atoms with van der Waals surface area (Å²) in [5.74, 6) is 1.12. The third-order valence-corrected chi connectivity index (χ3v) is 9.98. The van der Waals surface area contributed by atoms with Crippen molar-refractivity contribution in [1.82, 2.24) is 14.5 Å². The number of aromatic nitrogens is 2. The number of rotatable bonds is 9. The van der Waals surface area contributed by atoms with Gasteiger partial charge in [-0.25, -0.2) is 13.4 Å². The average molecular weight is 563 g/mol. The highest BCUT2D eigenvalue weighted by Crippen LogP contribution is 2.40. The second-order valence-corrected chi connectivity index (χ2v) is 13.0. The summed E-state index contributed by atoms with van der Waals surface area (Å²) in [4.78, 5) is 6.63. The predicted molar refractivity (Wildman–Crippen MR) is 148 cm³/mol. The first-order chi connectivity index (χ1) is 17.8. The molecular formula is C28H33Cl2N3O3S. The van der Waals surface area contributed by atoms with Crippen LogP contribution in [-0.4, -0.2) is 54.4 Å². The van der Waals surface area contributed by atoms with Crippen LogP contribution in [0.25, 0.3) is 0 Å². The van der Waals surface area contributed by atoms with Crippen molar-refractivity contribution < 1.29 is 13.2 Å². The molecule has 2 aliphatic rings. The smallest absolute Gasteiger partial charge is 0.197 e. The molecule has 2 unspecified atom stereocenters. The number of hydrogen-bond donors (Lipinski definition) is 0. The molecule has 0 amide bonds. The minimum absolute atomic E-state index is 0.00589. The molecular weight excluding hydrogens is 529 g/mol. The van der Waals surface area contributed by atoms with Crippen molar-refractivity contribution in [3.63, 3.8) is 0 Å². The Hall–Kier alpha value is -2.06. The van der Waals surface area contributed by atoms with Gasteiger partial charge in [0.2, 0.25) is 0 Å². The van der Waals surface area contributed by atoms with Crippen molar-refractivity contribution in [2.75, 3.05) is 25.4 Å². The average Bonchev–Trinajstić information content (AvgIpc) is 3.57. The Morgan fingerprint density at radius 3 is 2.62 bits per heavy atom. The largest absolute Gasteiger partial charge is 0.494 e. The highest BCUT2D eigenvalue weighted by atomic mass is 35.5. The fraction of sp³-hybridized carbons (Fsp3) is 0.464. The summed E-state index contributed by atoms with van der Waals surface area (Å²) in [6.45, 7) is 2.63. The Kier molecular flexibility index (Phi) is 8.15. The second kappa shape index (κ2) is 11.4. The van der Waals surface area contributed by atoms with Crippen LogP contribution in [-0.2, 0) is 29.7 Å². The van der Waals surface area contributed by atoms with Crippen molar-refractivity contribution in [3.8, 4) is 5.75 Å². The van der Waals surface area contributed by atoms with E-state index < -0.39 is 9.84 Å². The van der Waals surface area contributed by atoms with Crippen LogP contribution in [0.4, 0.5) is 0 Å². The summed E-state index contributed by atoms with van der Waals surface area (Å²) in [6.07, 6.45) is 9.03. The summed E-state index contributed by atoms with van der Waals surface area (Å²) in [7, 11) is -1.65. The molecule has 0 radical (unpaired) electrons. The molecule has 0 N–H and O–H groups in total. The Morgan fingerprint density at radius 2 is 1.89 bits per heavy atom. The number of benzene rings is 2. The van der Waals surface area contributed by atoms with Gasteiger partial charge in [0.05, 0.1) is 28.7 Å². The quantitative estimate of drug-likeness (QED) is 0.313. The maximum atomic E-state index is 12.5. The number of nitrogens with zero attached hydrogens (tertiary/aromatic N) is 3. The molecule has 1 fully saturated rings. The van der Waals surface area contributed by atoms with Gasteiger partial charge in [-0.3, -0.25) is 4.90 Å². The number of halogens is 2. The fourth-order valence-corrected chi connectivity index (χ4v) is 7.28. The molecule has 6 nitrogen and oxygen atoms in total. The van der Waals surface area contributed by atoms with Gasteiger partial charge in [-0.15, -0.1) is 0 Å². The van der Waals surface area contributed by atoms with E-state index in [1.165, 1.54) is 42.1 Å². The highest BCUT2D eigenvalue weighted by Gasteiger charge is 2.35. The molecule has 3 aromatic rings. The molecule has 2 aromatic carbocycles. The van der Waals surface area contributed by atoms with Crippen LogP contribution in [0.15, 0.2) is 53.9 Å². The van der Waals surface area contributed by atoms with Crippen LogP contribution >= 0.6 is 23.2 Å². The van der Waals surface area contributed by atoms with Gasteiger partial charge in [-0.05, 0) is 92.6 Å². The summed E-state index contributed by atoms with van der Waals surface area (Å²) < 4.78 is 32.7. The van der Waals surface area contributed by atoms with Crippen molar-refractivity contribution in [2.24, 2.45) is 7.05 Å². The highest BCUT2D eigenvalue weighted by molar-refractivity contribution is 7.91. The molecule has 2 atom stereocenters. The lowest BCUT2D eigenvalue weighted by Gasteiger charge is -2.39. The Bertz CT molecular complexity index is 1350. The Balaban J connectivity index is 1.31. The molecule has 1 saturated heterocycles. The zero-order chi connectivity index (χ0) is 26.0. The van der Waals surface area contributed by atoms with E-state index in [4.69, 9.17) is 27.9 Å². The van der Waals surface area contributed by atoms with Gasteiger partial charge in [0.1, 0.15) is 5.75 Å². The topological polar surface area (TPSA) is 64.4 Å². The maximum Gasteiger partial charge on any atom is 0.197 e. The maximum absolute atomic E-state index is 12.5. The summed E-state index contributed by atoms with van der Waals surface area (Å²) in [5, 5.41) is 1.28. The minimum Gasteiger partial charge on any atom is -0.494 e. The van der Waals surface area contributed by atoms with Gasteiger partial charge in [-0.2, -0.15) is 0 Å². The first kappa shape index (κ1) is 26.5. The SMILES string of the molecule is Cn1cnc(S(=O)(=O)CCCOc2ccc3c(c2)C(Cc2ccc(Cl)c(Cl)c2)C(N2CCCC2)CC3)c1. The van der Waals surface area contributed by atoms with Crippen LogP contribution in [0.3, 0.4) is 0 Å². The zero-order valence-corrected chi connectivity index (χ0v) is 23.4.